The molecule has 0 unspecified atom stereocenters. The highest BCUT2D eigenvalue weighted by Gasteiger charge is 2.15. The lowest BCUT2D eigenvalue weighted by Crippen LogP contribution is -1.99. The zero-order valence-electron chi connectivity index (χ0n) is 10.8. The van der Waals surface area contributed by atoms with Crippen LogP contribution in [0.5, 0.6) is 11.5 Å². The van der Waals surface area contributed by atoms with Gasteiger partial charge in [0.1, 0.15) is 5.82 Å². The molecule has 0 atom stereocenters. The number of nitrogens with zero attached hydrogens (tertiary/aromatic N) is 2. The summed E-state index contributed by atoms with van der Waals surface area (Å²) < 4.78 is 10.6. The van der Waals surface area contributed by atoms with Gasteiger partial charge >= 0.3 is 5.97 Å². The molecule has 21 heavy (non-hydrogen) atoms. The van der Waals surface area contributed by atoms with Crippen LogP contribution in [-0.2, 0) is 0 Å². The molecule has 0 saturated heterocycles. The van der Waals surface area contributed by atoms with Gasteiger partial charge in [0.05, 0.1) is 11.8 Å². The van der Waals surface area contributed by atoms with E-state index in [0.717, 1.165) is 5.56 Å². The third kappa shape index (κ3) is 2.76. The van der Waals surface area contributed by atoms with Crippen molar-refractivity contribution in [2.45, 2.75) is 0 Å². The molecule has 2 heterocycles. The minimum Gasteiger partial charge on any atom is -0.478 e. The molecule has 7 nitrogen and oxygen atoms in total. The number of benzene rings is 1. The maximum Gasteiger partial charge on any atom is 0.337 e. The molecule has 7 heteroatoms. The Morgan fingerprint density at radius 3 is 3.00 bits per heavy atom. The van der Waals surface area contributed by atoms with Crippen molar-refractivity contribution in [1.29, 1.82) is 0 Å². The molecule has 0 amide bonds. The summed E-state index contributed by atoms with van der Waals surface area (Å²) in [5.74, 6) is 0.760. The number of para-hydroxylation sites is 1. The molecule has 1 aliphatic heterocycles. The van der Waals surface area contributed by atoms with Crippen LogP contribution < -0.4 is 14.9 Å². The van der Waals surface area contributed by atoms with Crippen LogP contribution in [0, 0.1) is 0 Å². The van der Waals surface area contributed by atoms with E-state index in [0.29, 0.717) is 17.3 Å². The quantitative estimate of drug-likeness (QED) is 0.659. The van der Waals surface area contributed by atoms with Gasteiger partial charge in [-0.05, 0) is 24.3 Å². The average molecular weight is 285 g/mol. The Labute approximate surface area is 119 Å². The molecule has 1 aromatic carbocycles. The first-order valence-corrected chi connectivity index (χ1v) is 6.11. The first-order valence-electron chi connectivity index (χ1n) is 6.11. The van der Waals surface area contributed by atoms with Crippen LogP contribution in [-0.4, -0.2) is 29.1 Å². The van der Waals surface area contributed by atoms with Crippen LogP contribution >= 0.6 is 0 Å². The van der Waals surface area contributed by atoms with Crippen molar-refractivity contribution >= 4 is 18.0 Å². The largest absolute Gasteiger partial charge is 0.478 e. The molecule has 0 fully saturated rings. The number of aromatic nitrogens is 1. The van der Waals surface area contributed by atoms with E-state index in [1.54, 1.807) is 6.21 Å². The molecular weight excluding hydrogens is 274 g/mol. The predicted octanol–water partition coefficient (Wildman–Crippen LogP) is 1.95. The fourth-order valence-corrected chi connectivity index (χ4v) is 1.81. The van der Waals surface area contributed by atoms with Crippen molar-refractivity contribution in [2.75, 3.05) is 12.2 Å². The minimum atomic E-state index is -1.02. The van der Waals surface area contributed by atoms with Gasteiger partial charge in [-0.25, -0.2) is 9.78 Å². The molecule has 0 spiro atoms. The number of fused-ring (bicyclic) bond motifs is 1. The summed E-state index contributed by atoms with van der Waals surface area (Å²) in [6, 6.07) is 8.49. The van der Waals surface area contributed by atoms with E-state index in [4.69, 9.17) is 14.6 Å². The number of carbonyl (C=O) groups is 1. The molecule has 2 aromatic rings. The van der Waals surface area contributed by atoms with Gasteiger partial charge in [0.2, 0.25) is 6.79 Å². The van der Waals surface area contributed by atoms with Crippen molar-refractivity contribution in [3.05, 3.63) is 47.7 Å². The molecule has 1 aromatic heterocycles. The number of aromatic carboxylic acids is 1. The Kier molecular flexibility index (Phi) is 3.38. The predicted molar refractivity (Wildman–Crippen MR) is 75.0 cm³/mol. The van der Waals surface area contributed by atoms with E-state index < -0.39 is 5.97 Å². The normalized spacial score (nSPS) is 12.6. The van der Waals surface area contributed by atoms with E-state index in [1.807, 2.05) is 18.2 Å². The number of pyridine rings is 1. The summed E-state index contributed by atoms with van der Waals surface area (Å²) in [4.78, 5) is 14.6. The molecule has 0 aliphatic carbocycles. The second-order valence-electron chi connectivity index (χ2n) is 4.19. The van der Waals surface area contributed by atoms with E-state index in [9.17, 15) is 4.79 Å². The zero-order valence-corrected chi connectivity index (χ0v) is 10.8. The van der Waals surface area contributed by atoms with Crippen molar-refractivity contribution in [2.24, 2.45) is 5.10 Å². The first-order chi connectivity index (χ1) is 10.2. The summed E-state index contributed by atoms with van der Waals surface area (Å²) in [6.07, 6.45) is 2.84. The monoisotopic (exact) mass is 285 g/mol. The summed E-state index contributed by atoms with van der Waals surface area (Å²) in [6.45, 7) is 0.200. The van der Waals surface area contributed by atoms with Crippen LogP contribution in [0.25, 0.3) is 0 Å². The number of ether oxygens (including phenoxy) is 2. The Balaban J connectivity index is 1.70. The van der Waals surface area contributed by atoms with Gasteiger partial charge in [-0.2, -0.15) is 5.10 Å². The number of rotatable bonds is 4. The molecule has 0 bridgehead atoms. The van der Waals surface area contributed by atoms with Gasteiger partial charge in [-0.1, -0.05) is 6.07 Å². The molecule has 3 rings (SSSR count). The SMILES string of the molecule is O=C(O)c1ccc(N/N=C/c2cccc3c2OCO3)nc1. The Morgan fingerprint density at radius 1 is 1.33 bits per heavy atom. The maximum atomic E-state index is 10.7. The standard InChI is InChI=1S/C14H11N3O4/c18-14(19)10-4-5-12(15-6-10)17-16-7-9-2-1-3-11-13(9)21-8-20-11/h1-7H,8H2,(H,15,17)(H,18,19)/b16-7+. The van der Waals surface area contributed by atoms with Crippen LogP contribution in [0.2, 0.25) is 0 Å². The van der Waals surface area contributed by atoms with Gasteiger partial charge in [0.25, 0.3) is 0 Å². The summed E-state index contributed by atoms with van der Waals surface area (Å²) in [5, 5.41) is 12.8. The van der Waals surface area contributed by atoms with Gasteiger partial charge in [-0.3, -0.25) is 5.43 Å². The molecule has 106 valence electrons. The van der Waals surface area contributed by atoms with Crippen LogP contribution in [0.3, 0.4) is 0 Å². The van der Waals surface area contributed by atoms with E-state index >= 15 is 0 Å². The second kappa shape index (κ2) is 5.49. The number of hydrogen-bond donors (Lipinski definition) is 2. The maximum absolute atomic E-state index is 10.7. The number of hydrogen-bond acceptors (Lipinski definition) is 6. The molecule has 0 radical (unpaired) electrons. The lowest BCUT2D eigenvalue weighted by molar-refractivity contribution is 0.0696. The van der Waals surface area contributed by atoms with Crippen molar-refractivity contribution < 1.29 is 19.4 Å². The van der Waals surface area contributed by atoms with Crippen molar-refractivity contribution in [1.82, 2.24) is 4.98 Å². The topological polar surface area (TPSA) is 93.0 Å². The lowest BCUT2D eigenvalue weighted by Gasteiger charge is -2.01. The Morgan fingerprint density at radius 2 is 2.24 bits per heavy atom. The van der Waals surface area contributed by atoms with E-state index in [1.165, 1.54) is 18.3 Å². The number of nitrogens with one attached hydrogen (secondary N) is 1. The molecule has 0 saturated carbocycles. The van der Waals surface area contributed by atoms with Crippen molar-refractivity contribution in [3.63, 3.8) is 0 Å². The molecule has 2 N–H and O–H groups in total. The van der Waals surface area contributed by atoms with Gasteiger partial charge in [0, 0.05) is 11.8 Å². The average Bonchev–Trinajstić information content (AvgIpc) is 2.97. The fourth-order valence-electron chi connectivity index (χ4n) is 1.81. The highest BCUT2D eigenvalue weighted by molar-refractivity contribution is 5.87. The van der Waals surface area contributed by atoms with E-state index in [-0.39, 0.29) is 12.4 Å². The van der Waals surface area contributed by atoms with Crippen LogP contribution in [0.1, 0.15) is 15.9 Å². The summed E-state index contributed by atoms with van der Waals surface area (Å²) in [5.41, 5.74) is 3.62. The molecule has 1 aliphatic rings. The molecular formula is C14H11N3O4. The third-order valence-electron chi connectivity index (χ3n) is 2.82. The van der Waals surface area contributed by atoms with Gasteiger partial charge in [-0.15, -0.1) is 0 Å². The number of carboxylic acids is 1. The second-order valence-corrected chi connectivity index (χ2v) is 4.19. The third-order valence-corrected chi connectivity index (χ3v) is 2.82. The highest BCUT2D eigenvalue weighted by atomic mass is 16.7. The smallest absolute Gasteiger partial charge is 0.337 e. The Bertz CT molecular complexity index is 698. The fraction of sp³-hybridized carbons (Fsp3) is 0.0714. The van der Waals surface area contributed by atoms with Gasteiger partial charge in [0.15, 0.2) is 11.5 Å². The number of carboxylic acid groups (broad SMARTS) is 1. The van der Waals surface area contributed by atoms with Crippen LogP contribution in [0.4, 0.5) is 5.82 Å². The lowest BCUT2D eigenvalue weighted by atomic mass is 10.2. The van der Waals surface area contributed by atoms with Gasteiger partial charge < -0.3 is 14.6 Å². The first kappa shape index (κ1) is 12.9. The van der Waals surface area contributed by atoms with Crippen molar-refractivity contribution in [3.8, 4) is 11.5 Å². The zero-order chi connectivity index (χ0) is 14.7. The number of hydrazone groups is 1. The Hall–Kier alpha value is -3.09. The number of anilines is 1. The minimum absolute atomic E-state index is 0.121. The summed E-state index contributed by atoms with van der Waals surface area (Å²) >= 11 is 0. The van der Waals surface area contributed by atoms with E-state index in [2.05, 4.69) is 15.5 Å². The highest BCUT2D eigenvalue weighted by Crippen LogP contribution is 2.34. The van der Waals surface area contributed by atoms with Crippen LogP contribution in [0.15, 0.2) is 41.6 Å². The summed E-state index contributed by atoms with van der Waals surface area (Å²) in [7, 11) is 0.